The van der Waals surface area contributed by atoms with Crippen molar-refractivity contribution in [3.05, 3.63) is 114 Å². The van der Waals surface area contributed by atoms with Gasteiger partial charge in [0.1, 0.15) is 5.75 Å². The molecule has 2 N–H and O–H groups in total. The number of aromatic nitrogens is 2. The van der Waals surface area contributed by atoms with Crippen molar-refractivity contribution in [3.63, 3.8) is 0 Å². The van der Waals surface area contributed by atoms with Gasteiger partial charge in [-0.25, -0.2) is 0 Å². The number of halogens is 6. The number of thiocarbonyl (C=S) groups is 1. The maximum Gasteiger partial charge on any atom is 0.416 e. The second-order valence-corrected chi connectivity index (χ2v) is 9.87. The highest BCUT2D eigenvalue weighted by Crippen LogP contribution is 2.38. The number of methoxy groups -OCH3 is 1. The van der Waals surface area contributed by atoms with Crippen LogP contribution in [0.3, 0.4) is 0 Å². The number of pyridine rings is 2. The number of nitrogens with one attached hydrogen (secondary N) is 2. The number of anilines is 1. The maximum absolute atomic E-state index is 13.4. The van der Waals surface area contributed by atoms with Crippen molar-refractivity contribution in [1.29, 1.82) is 0 Å². The van der Waals surface area contributed by atoms with Gasteiger partial charge in [-0.3, -0.25) is 9.97 Å². The smallest absolute Gasteiger partial charge is 0.416 e. The number of alkyl halides is 6. The summed E-state index contributed by atoms with van der Waals surface area (Å²) in [6.07, 6.45) is -6.74. The maximum atomic E-state index is 13.4. The molecule has 5 rings (SSSR count). The minimum absolute atomic E-state index is 0.0530. The normalized spacial score (nSPS) is 12.6. The van der Waals surface area contributed by atoms with Crippen LogP contribution in [0.4, 0.5) is 32.0 Å². The third-order valence-corrected chi connectivity index (χ3v) is 6.94. The van der Waals surface area contributed by atoms with Crippen LogP contribution in [0.5, 0.6) is 5.75 Å². The molecule has 0 bridgehead atoms. The summed E-state index contributed by atoms with van der Waals surface area (Å²) in [5.74, 6) is 0.548. The first-order valence-electron chi connectivity index (χ1n) is 12.7. The van der Waals surface area contributed by atoms with Gasteiger partial charge in [0, 0.05) is 22.7 Å². The van der Waals surface area contributed by atoms with E-state index in [9.17, 15) is 26.3 Å². The van der Waals surface area contributed by atoms with Crippen molar-refractivity contribution >= 4 is 50.9 Å². The van der Waals surface area contributed by atoms with Crippen LogP contribution in [0.15, 0.2) is 85.6 Å². The van der Waals surface area contributed by atoms with E-state index in [-0.39, 0.29) is 11.2 Å². The molecule has 2 aromatic heterocycles. The zero-order valence-corrected chi connectivity index (χ0v) is 23.2. The van der Waals surface area contributed by atoms with Gasteiger partial charge in [0.2, 0.25) is 0 Å². The van der Waals surface area contributed by atoms with Crippen molar-refractivity contribution in [1.82, 2.24) is 15.3 Å². The first kappa shape index (κ1) is 29.8. The molecule has 5 aromatic rings. The van der Waals surface area contributed by atoms with Gasteiger partial charge in [-0.2, -0.15) is 26.3 Å². The summed E-state index contributed by atoms with van der Waals surface area (Å²) in [7, 11) is 1.51. The number of hydrogen-bond acceptors (Lipinski definition) is 4. The van der Waals surface area contributed by atoms with Crippen LogP contribution in [0, 0.1) is 0 Å². The highest BCUT2D eigenvalue weighted by atomic mass is 32.1. The molecule has 0 fully saturated rings. The lowest BCUT2D eigenvalue weighted by molar-refractivity contribution is -0.143. The lowest BCUT2D eigenvalue weighted by atomic mass is 9.98. The summed E-state index contributed by atoms with van der Waals surface area (Å²) in [6.45, 7) is 3.83. The van der Waals surface area contributed by atoms with E-state index in [0.717, 1.165) is 10.9 Å². The molecule has 0 saturated heterocycles. The van der Waals surface area contributed by atoms with Gasteiger partial charge >= 0.3 is 12.4 Å². The zero-order valence-electron chi connectivity index (χ0n) is 22.3. The van der Waals surface area contributed by atoms with E-state index < -0.39 is 35.2 Å². The highest BCUT2D eigenvalue weighted by molar-refractivity contribution is 7.80. The molecule has 1 atom stereocenters. The third-order valence-electron chi connectivity index (χ3n) is 6.72. The van der Waals surface area contributed by atoms with Gasteiger partial charge in [0.05, 0.1) is 41.0 Å². The third kappa shape index (κ3) is 6.38. The summed E-state index contributed by atoms with van der Waals surface area (Å²) < 4.78 is 86.1. The standard InChI is InChI=1S/C31H22F6N4OS/c1-3-17-5-4-6-26-22(17)8-10-27(40-26)28(23-11-12-38-25-9-7-21(42-2)16-24(23)25)41-29(43)39-20-14-18(30(32,33)34)13-19(15-20)31(35,36)37/h3-16,28H,1H2,2H3,(H2,39,41,43)/t28-/m0/s1. The second kappa shape index (κ2) is 11.5. The average Bonchev–Trinajstić information content (AvgIpc) is 2.97. The summed E-state index contributed by atoms with van der Waals surface area (Å²) in [5, 5.41) is 6.82. The summed E-state index contributed by atoms with van der Waals surface area (Å²) in [4.78, 5) is 9.22. The monoisotopic (exact) mass is 612 g/mol. The number of benzene rings is 3. The quantitative estimate of drug-likeness (QED) is 0.148. The Morgan fingerprint density at radius 2 is 1.60 bits per heavy atom. The molecule has 0 radical (unpaired) electrons. The molecule has 0 aliphatic rings. The SMILES string of the molecule is C=Cc1cccc2nc([C@@H](NC(=S)Nc3cc(C(F)(F)F)cc(C(F)(F)F)c3)c3ccnc4ccc(OC)cc34)ccc12. The summed E-state index contributed by atoms with van der Waals surface area (Å²) in [5.41, 5.74) is -0.177. The van der Waals surface area contributed by atoms with Gasteiger partial charge in [-0.1, -0.05) is 30.9 Å². The van der Waals surface area contributed by atoms with E-state index in [2.05, 4.69) is 22.2 Å². The van der Waals surface area contributed by atoms with E-state index in [1.54, 1.807) is 42.6 Å². The first-order chi connectivity index (χ1) is 20.4. The predicted molar refractivity (Wildman–Crippen MR) is 158 cm³/mol. The number of fused-ring (bicyclic) bond motifs is 2. The molecular weight excluding hydrogens is 590 g/mol. The van der Waals surface area contributed by atoms with Gasteiger partial charge in [-0.15, -0.1) is 0 Å². The summed E-state index contributed by atoms with van der Waals surface area (Å²) in [6, 6.07) is 16.5. The van der Waals surface area contributed by atoms with Crippen molar-refractivity contribution in [2.24, 2.45) is 0 Å². The van der Waals surface area contributed by atoms with Crippen molar-refractivity contribution < 1.29 is 31.1 Å². The number of ether oxygens (including phenoxy) is 1. The van der Waals surface area contributed by atoms with Crippen LogP contribution in [0.25, 0.3) is 27.9 Å². The first-order valence-corrected chi connectivity index (χ1v) is 13.1. The van der Waals surface area contributed by atoms with Crippen LogP contribution in [0.2, 0.25) is 0 Å². The van der Waals surface area contributed by atoms with Gasteiger partial charge in [0.25, 0.3) is 0 Å². The van der Waals surface area contributed by atoms with E-state index in [0.29, 0.717) is 45.6 Å². The van der Waals surface area contributed by atoms with E-state index in [1.807, 2.05) is 24.3 Å². The fraction of sp³-hybridized carbons (Fsp3) is 0.129. The largest absolute Gasteiger partial charge is 0.497 e. The minimum Gasteiger partial charge on any atom is -0.497 e. The molecule has 12 heteroatoms. The van der Waals surface area contributed by atoms with E-state index >= 15 is 0 Å². The van der Waals surface area contributed by atoms with Gasteiger partial charge in [-0.05, 0) is 77.9 Å². The molecule has 0 spiro atoms. The zero-order chi connectivity index (χ0) is 30.9. The number of rotatable bonds is 6. The van der Waals surface area contributed by atoms with Gasteiger partial charge < -0.3 is 15.4 Å². The predicted octanol–water partition coefficient (Wildman–Crippen LogP) is 8.55. The Balaban J connectivity index is 1.60. The van der Waals surface area contributed by atoms with E-state index in [4.69, 9.17) is 21.9 Å². The van der Waals surface area contributed by atoms with Crippen LogP contribution < -0.4 is 15.4 Å². The molecular formula is C31H22F6N4OS. The van der Waals surface area contributed by atoms with Crippen LogP contribution in [0.1, 0.15) is 34.0 Å². The fourth-order valence-corrected chi connectivity index (χ4v) is 4.93. The summed E-state index contributed by atoms with van der Waals surface area (Å²) >= 11 is 5.43. The molecule has 43 heavy (non-hydrogen) atoms. The van der Waals surface area contributed by atoms with Crippen LogP contribution in [-0.4, -0.2) is 22.2 Å². The molecule has 0 aliphatic carbocycles. The molecule has 5 nitrogen and oxygen atoms in total. The molecule has 0 aliphatic heterocycles. The Morgan fingerprint density at radius 1 is 0.884 bits per heavy atom. The topological polar surface area (TPSA) is 59.1 Å². The van der Waals surface area contributed by atoms with Crippen LogP contribution in [-0.2, 0) is 12.4 Å². The Morgan fingerprint density at radius 3 is 2.26 bits per heavy atom. The van der Waals surface area contributed by atoms with Crippen molar-refractivity contribution in [2.45, 2.75) is 18.4 Å². The Labute approximate surface area is 247 Å². The molecule has 2 heterocycles. The average molecular weight is 613 g/mol. The molecule has 3 aromatic carbocycles. The molecule has 0 amide bonds. The van der Waals surface area contributed by atoms with Gasteiger partial charge in [0.15, 0.2) is 5.11 Å². The molecule has 220 valence electrons. The number of nitrogens with zero attached hydrogens (tertiary/aromatic N) is 2. The van der Waals surface area contributed by atoms with E-state index in [1.165, 1.54) is 7.11 Å². The Hall–Kier alpha value is -4.71. The lowest BCUT2D eigenvalue weighted by Crippen LogP contribution is -2.33. The van der Waals surface area contributed by atoms with Crippen molar-refractivity contribution in [3.8, 4) is 5.75 Å². The number of hydrogen-bond donors (Lipinski definition) is 2. The Kier molecular flexibility index (Phi) is 7.98. The Bertz CT molecular complexity index is 1820. The van der Waals surface area contributed by atoms with Crippen molar-refractivity contribution in [2.75, 3.05) is 12.4 Å². The molecule has 0 saturated carbocycles. The minimum atomic E-state index is -5.01. The lowest BCUT2D eigenvalue weighted by Gasteiger charge is -2.23. The second-order valence-electron chi connectivity index (χ2n) is 9.46. The van der Waals surface area contributed by atoms with Crippen LogP contribution >= 0.6 is 12.2 Å². The molecule has 0 unspecified atom stereocenters. The highest BCUT2D eigenvalue weighted by Gasteiger charge is 2.37. The fourth-order valence-electron chi connectivity index (χ4n) is 4.69.